The van der Waals surface area contributed by atoms with Gasteiger partial charge in [-0.2, -0.15) is 0 Å². The van der Waals surface area contributed by atoms with Crippen molar-refractivity contribution in [2.24, 2.45) is 11.8 Å². The fraction of sp³-hybridized carbons (Fsp3) is 0.379. The monoisotopic (exact) mass is 460 g/mol. The fourth-order valence-electron chi connectivity index (χ4n) is 4.36. The molecule has 0 aliphatic heterocycles. The first-order valence-corrected chi connectivity index (χ1v) is 12.1. The van der Waals surface area contributed by atoms with Crippen molar-refractivity contribution in [3.63, 3.8) is 0 Å². The van der Waals surface area contributed by atoms with Crippen molar-refractivity contribution in [3.8, 4) is 0 Å². The van der Waals surface area contributed by atoms with Crippen molar-refractivity contribution in [2.75, 3.05) is 5.32 Å². The highest BCUT2D eigenvalue weighted by atomic mass is 16.4. The van der Waals surface area contributed by atoms with Crippen molar-refractivity contribution < 1.29 is 14.7 Å². The Morgan fingerprint density at radius 3 is 2.56 bits per heavy atom. The summed E-state index contributed by atoms with van der Waals surface area (Å²) in [5, 5.41) is 15.9. The maximum Gasteiger partial charge on any atom is 0.303 e. The second-order valence-electron chi connectivity index (χ2n) is 9.49. The average Bonchev–Trinajstić information content (AvgIpc) is 2.82. The van der Waals surface area contributed by atoms with Gasteiger partial charge in [-0.25, -0.2) is 0 Å². The van der Waals surface area contributed by atoms with Crippen molar-refractivity contribution in [1.29, 1.82) is 0 Å². The van der Waals surface area contributed by atoms with E-state index in [1.807, 2.05) is 48.5 Å². The molecule has 2 aromatic rings. The average molecular weight is 461 g/mol. The summed E-state index contributed by atoms with van der Waals surface area (Å²) < 4.78 is 0. The van der Waals surface area contributed by atoms with Crippen LogP contribution in [0.2, 0.25) is 0 Å². The lowest BCUT2D eigenvalue weighted by Gasteiger charge is -2.29. The number of nitrogens with one attached hydrogen (secondary N) is 2. The smallest absolute Gasteiger partial charge is 0.303 e. The third-order valence-corrected chi connectivity index (χ3v) is 6.20. The predicted octanol–water partition coefficient (Wildman–Crippen LogP) is 5.98. The van der Waals surface area contributed by atoms with E-state index in [2.05, 4.69) is 49.6 Å². The molecular weight excluding hydrogens is 424 g/mol. The Kier molecular flexibility index (Phi) is 9.08. The molecule has 1 amide bonds. The van der Waals surface area contributed by atoms with Gasteiger partial charge in [-0.05, 0) is 59.9 Å². The second kappa shape index (κ2) is 12.2. The molecule has 3 N–H and O–H groups in total. The number of allylic oxidation sites excluding steroid dienone is 3. The largest absolute Gasteiger partial charge is 0.481 e. The van der Waals surface area contributed by atoms with E-state index in [1.165, 1.54) is 5.57 Å². The van der Waals surface area contributed by atoms with Gasteiger partial charge in [0.15, 0.2) is 0 Å². The van der Waals surface area contributed by atoms with Crippen molar-refractivity contribution in [2.45, 2.75) is 59.0 Å². The van der Waals surface area contributed by atoms with Crippen LogP contribution < -0.4 is 10.6 Å². The fourth-order valence-corrected chi connectivity index (χ4v) is 4.36. The summed E-state index contributed by atoms with van der Waals surface area (Å²) >= 11 is 0. The maximum atomic E-state index is 13.5. The highest BCUT2D eigenvalue weighted by Gasteiger charge is 2.24. The van der Waals surface area contributed by atoms with Crippen molar-refractivity contribution >= 4 is 17.6 Å². The standard InChI is InChI=1S/C29H36N2O3/c1-20(2)17-27(25-12-8-7-9-21(25)3)31-29(34)26-18-24(15-13-23(26)14-16-28(32)33)30-19-22-10-5-4-6-11-22/h4-8,10-13,15,18,20-21,27,30H,9,14,16-17,19H2,1-3H3,(H,31,34)(H,32,33). The molecule has 0 radical (unpaired) electrons. The molecular formula is C29H36N2O3. The Hall–Kier alpha value is -3.34. The number of anilines is 1. The SMILES string of the molecule is CC(C)CC(NC(=O)c1cc(NCc2ccccc2)ccc1CCC(=O)O)C1=CC=CCC1C. The van der Waals surface area contributed by atoms with Gasteiger partial charge in [0.05, 0.1) is 6.04 Å². The normalized spacial score (nSPS) is 16.1. The van der Waals surface area contributed by atoms with Crippen LogP contribution in [0.25, 0.3) is 0 Å². The van der Waals surface area contributed by atoms with E-state index in [9.17, 15) is 14.7 Å². The third kappa shape index (κ3) is 7.34. The van der Waals surface area contributed by atoms with Crippen LogP contribution >= 0.6 is 0 Å². The van der Waals surface area contributed by atoms with E-state index in [4.69, 9.17) is 0 Å². The Morgan fingerprint density at radius 1 is 1.12 bits per heavy atom. The zero-order valence-corrected chi connectivity index (χ0v) is 20.4. The number of carboxylic acids is 1. The first-order chi connectivity index (χ1) is 16.3. The lowest BCUT2D eigenvalue weighted by molar-refractivity contribution is -0.136. The summed E-state index contributed by atoms with van der Waals surface area (Å²) in [7, 11) is 0. The van der Waals surface area contributed by atoms with E-state index in [-0.39, 0.29) is 18.4 Å². The summed E-state index contributed by atoms with van der Waals surface area (Å²) in [6.45, 7) is 7.16. The van der Waals surface area contributed by atoms with Crippen LogP contribution in [0.15, 0.2) is 72.3 Å². The van der Waals surface area contributed by atoms with Gasteiger partial charge in [0.2, 0.25) is 0 Å². The van der Waals surface area contributed by atoms with Crippen LogP contribution in [0.4, 0.5) is 5.69 Å². The minimum absolute atomic E-state index is 0.0144. The number of benzene rings is 2. The molecule has 34 heavy (non-hydrogen) atoms. The van der Waals surface area contributed by atoms with Crippen LogP contribution in [-0.4, -0.2) is 23.0 Å². The first-order valence-electron chi connectivity index (χ1n) is 12.1. The minimum Gasteiger partial charge on any atom is -0.481 e. The number of aryl methyl sites for hydroxylation is 1. The molecule has 2 atom stereocenters. The summed E-state index contributed by atoms with van der Waals surface area (Å²) in [6, 6.07) is 15.6. The zero-order valence-electron chi connectivity index (χ0n) is 20.4. The van der Waals surface area contributed by atoms with Gasteiger partial charge in [-0.3, -0.25) is 9.59 Å². The Labute approximate surface area is 203 Å². The lowest BCUT2D eigenvalue weighted by atomic mass is 9.84. The van der Waals surface area contributed by atoms with Crippen LogP contribution in [0, 0.1) is 11.8 Å². The molecule has 0 fully saturated rings. The molecule has 0 spiro atoms. The number of rotatable bonds is 11. The minimum atomic E-state index is -0.872. The first kappa shape index (κ1) is 25.3. The lowest BCUT2D eigenvalue weighted by Crippen LogP contribution is -2.39. The topological polar surface area (TPSA) is 78.4 Å². The highest BCUT2D eigenvalue weighted by Crippen LogP contribution is 2.27. The van der Waals surface area contributed by atoms with Gasteiger partial charge in [0.25, 0.3) is 5.91 Å². The molecule has 2 unspecified atom stereocenters. The Bertz CT molecular complexity index is 1040. The molecule has 5 nitrogen and oxygen atoms in total. The number of carboxylic acid groups (broad SMARTS) is 1. The quantitative estimate of drug-likeness (QED) is 0.385. The molecule has 1 aliphatic carbocycles. The second-order valence-corrected chi connectivity index (χ2v) is 9.49. The summed E-state index contributed by atoms with van der Waals surface area (Å²) in [4.78, 5) is 24.7. The molecule has 0 saturated heterocycles. The molecule has 1 aliphatic rings. The number of carbonyl (C=O) groups is 2. The van der Waals surface area contributed by atoms with Gasteiger partial charge in [-0.1, -0.05) is 75.4 Å². The molecule has 5 heteroatoms. The van der Waals surface area contributed by atoms with Gasteiger partial charge >= 0.3 is 5.97 Å². The zero-order chi connectivity index (χ0) is 24.5. The van der Waals surface area contributed by atoms with Crippen LogP contribution in [0.5, 0.6) is 0 Å². The van der Waals surface area contributed by atoms with Crippen LogP contribution in [0.3, 0.4) is 0 Å². The maximum absolute atomic E-state index is 13.5. The highest BCUT2D eigenvalue weighted by molar-refractivity contribution is 5.97. The van der Waals surface area contributed by atoms with Crippen LogP contribution in [-0.2, 0) is 17.8 Å². The summed E-state index contributed by atoms with van der Waals surface area (Å²) in [5.41, 5.74) is 4.51. The molecule has 0 saturated carbocycles. The Morgan fingerprint density at radius 2 is 1.88 bits per heavy atom. The van der Waals surface area contributed by atoms with E-state index >= 15 is 0 Å². The molecule has 180 valence electrons. The third-order valence-electron chi connectivity index (χ3n) is 6.20. The number of amides is 1. The number of aliphatic carboxylic acids is 1. The molecule has 0 bridgehead atoms. The van der Waals surface area contributed by atoms with Crippen LogP contribution in [0.1, 0.15) is 61.5 Å². The molecule has 3 rings (SSSR count). The van der Waals surface area contributed by atoms with Gasteiger partial charge in [-0.15, -0.1) is 0 Å². The molecule has 2 aromatic carbocycles. The summed E-state index contributed by atoms with van der Waals surface area (Å²) in [6.07, 6.45) is 8.48. The van der Waals surface area contributed by atoms with Gasteiger partial charge < -0.3 is 15.7 Å². The van der Waals surface area contributed by atoms with E-state index in [0.717, 1.165) is 29.7 Å². The Balaban J connectivity index is 1.84. The van der Waals surface area contributed by atoms with E-state index < -0.39 is 5.97 Å². The van der Waals surface area contributed by atoms with Gasteiger partial charge in [0, 0.05) is 24.2 Å². The molecule has 0 aromatic heterocycles. The van der Waals surface area contributed by atoms with E-state index in [1.54, 1.807) is 0 Å². The predicted molar refractivity (Wildman–Crippen MR) is 138 cm³/mol. The molecule has 0 heterocycles. The van der Waals surface area contributed by atoms with E-state index in [0.29, 0.717) is 30.4 Å². The number of hydrogen-bond acceptors (Lipinski definition) is 3. The van der Waals surface area contributed by atoms with Crippen molar-refractivity contribution in [1.82, 2.24) is 5.32 Å². The van der Waals surface area contributed by atoms with Gasteiger partial charge in [0.1, 0.15) is 0 Å². The summed E-state index contributed by atoms with van der Waals surface area (Å²) in [5.74, 6) is -0.227. The number of hydrogen-bond donors (Lipinski definition) is 3. The number of carbonyl (C=O) groups excluding carboxylic acids is 1. The van der Waals surface area contributed by atoms with Crippen molar-refractivity contribution in [3.05, 3.63) is 89.0 Å².